The van der Waals surface area contributed by atoms with Crippen molar-refractivity contribution in [3.8, 4) is 0 Å². The monoisotopic (exact) mass is 219 g/mol. The molecule has 0 spiro atoms. The third-order valence-corrected chi connectivity index (χ3v) is 3.47. The van der Waals surface area contributed by atoms with E-state index in [0.717, 1.165) is 24.6 Å². The minimum absolute atomic E-state index is 0.307. The fourth-order valence-electron chi connectivity index (χ4n) is 1.45. The summed E-state index contributed by atoms with van der Waals surface area (Å²) in [7, 11) is 0. The average molecular weight is 219 g/mol. The zero-order valence-corrected chi connectivity index (χ0v) is 9.18. The second-order valence-corrected chi connectivity index (χ2v) is 4.45. The van der Waals surface area contributed by atoms with Crippen LogP contribution in [0.5, 0.6) is 0 Å². The van der Waals surface area contributed by atoms with Crippen molar-refractivity contribution in [2.24, 2.45) is 5.84 Å². The topological polar surface area (TPSA) is 67.6 Å². The van der Waals surface area contributed by atoms with Crippen LogP contribution in [-0.4, -0.2) is 41.5 Å². The average Bonchev–Trinajstić information content (AvgIpc) is 2.17. The third-order valence-electron chi connectivity index (χ3n) is 2.28. The minimum atomic E-state index is -0.307. The molecule has 6 heteroatoms. The van der Waals surface area contributed by atoms with Gasteiger partial charge >= 0.3 is 5.97 Å². The third kappa shape index (κ3) is 3.83. The second-order valence-electron chi connectivity index (χ2n) is 3.30. The zero-order chi connectivity index (χ0) is 10.4. The molecule has 1 aliphatic rings. The van der Waals surface area contributed by atoms with Crippen molar-refractivity contribution in [1.29, 1.82) is 0 Å². The molecule has 3 N–H and O–H groups in total. The van der Waals surface area contributed by atoms with Gasteiger partial charge in [-0.2, -0.15) is 11.8 Å². The van der Waals surface area contributed by atoms with Crippen LogP contribution in [0.25, 0.3) is 0 Å². The molecule has 1 aliphatic heterocycles. The van der Waals surface area contributed by atoms with Crippen LogP contribution in [0.15, 0.2) is 0 Å². The van der Waals surface area contributed by atoms with Gasteiger partial charge in [-0.15, -0.1) is 0 Å². The van der Waals surface area contributed by atoms with Crippen LogP contribution in [0, 0.1) is 0 Å². The summed E-state index contributed by atoms with van der Waals surface area (Å²) < 4.78 is 0. The molecule has 0 saturated carbocycles. The van der Waals surface area contributed by atoms with Gasteiger partial charge in [-0.05, 0) is 6.92 Å². The Kier molecular flexibility index (Phi) is 5.24. The Morgan fingerprint density at radius 3 is 3.21 bits per heavy atom. The van der Waals surface area contributed by atoms with Gasteiger partial charge in [-0.25, -0.2) is 5.84 Å². The van der Waals surface area contributed by atoms with Gasteiger partial charge in [0.1, 0.15) is 0 Å². The van der Waals surface area contributed by atoms with E-state index in [4.69, 9.17) is 5.84 Å². The van der Waals surface area contributed by atoms with E-state index < -0.39 is 0 Å². The first kappa shape index (κ1) is 11.8. The van der Waals surface area contributed by atoms with Gasteiger partial charge in [0.05, 0.1) is 6.42 Å². The summed E-state index contributed by atoms with van der Waals surface area (Å²) in [4.78, 5) is 17.7. The molecule has 0 aliphatic carbocycles. The maximum atomic E-state index is 11.0. The smallest absolute Gasteiger partial charge is 0.327 e. The van der Waals surface area contributed by atoms with Crippen LogP contribution < -0.4 is 11.4 Å². The van der Waals surface area contributed by atoms with E-state index in [9.17, 15) is 4.79 Å². The van der Waals surface area contributed by atoms with Crippen LogP contribution >= 0.6 is 11.8 Å². The van der Waals surface area contributed by atoms with Crippen molar-refractivity contribution in [3.05, 3.63) is 0 Å². The fraction of sp³-hybridized carbons (Fsp3) is 0.875. The van der Waals surface area contributed by atoms with Crippen LogP contribution in [0.4, 0.5) is 0 Å². The predicted octanol–water partition coefficient (Wildman–Crippen LogP) is -0.265. The van der Waals surface area contributed by atoms with Crippen LogP contribution in [0.1, 0.15) is 13.3 Å². The maximum absolute atomic E-state index is 11.0. The Morgan fingerprint density at radius 1 is 1.79 bits per heavy atom. The molecule has 0 radical (unpaired) electrons. The number of rotatable bonds is 4. The highest BCUT2D eigenvalue weighted by atomic mass is 32.2. The zero-order valence-electron chi connectivity index (χ0n) is 8.36. The van der Waals surface area contributed by atoms with Crippen molar-refractivity contribution in [3.63, 3.8) is 0 Å². The highest BCUT2D eigenvalue weighted by molar-refractivity contribution is 7.99. The van der Waals surface area contributed by atoms with E-state index in [0.29, 0.717) is 12.5 Å². The number of hydrazine groups is 1. The Bertz CT molecular complexity index is 191. The van der Waals surface area contributed by atoms with Crippen molar-refractivity contribution in [1.82, 2.24) is 10.5 Å². The summed E-state index contributed by atoms with van der Waals surface area (Å²) in [5.74, 6) is 6.84. The first-order valence-corrected chi connectivity index (χ1v) is 5.86. The molecule has 1 fully saturated rings. The molecule has 0 amide bonds. The summed E-state index contributed by atoms with van der Waals surface area (Å²) in [6, 6.07) is 0.549. The molecular weight excluding hydrogens is 202 g/mol. The summed E-state index contributed by atoms with van der Waals surface area (Å²) in [6.07, 6.45) is 0.388. The van der Waals surface area contributed by atoms with Crippen molar-refractivity contribution >= 4 is 17.7 Å². The molecule has 82 valence electrons. The van der Waals surface area contributed by atoms with Gasteiger partial charge in [0.15, 0.2) is 0 Å². The van der Waals surface area contributed by atoms with Gasteiger partial charge < -0.3 is 4.84 Å². The number of hydrogen-bond donors (Lipinski definition) is 2. The second kappa shape index (κ2) is 6.23. The lowest BCUT2D eigenvalue weighted by molar-refractivity contribution is -0.151. The van der Waals surface area contributed by atoms with Crippen molar-refractivity contribution in [2.45, 2.75) is 19.4 Å². The molecule has 1 heterocycles. The lowest BCUT2D eigenvalue weighted by Gasteiger charge is -2.32. The summed E-state index contributed by atoms with van der Waals surface area (Å²) in [5, 5.41) is 0. The van der Waals surface area contributed by atoms with E-state index in [-0.39, 0.29) is 5.97 Å². The number of carbonyl (C=O) groups is 1. The van der Waals surface area contributed by atoms with Gasteiger partial charge in [0.25, 0.3) is 0 Å². The predicted molar refractivity (Wildman–Crippen MR) is 56.4 cm³/mol. The standard InChI is InChI=1S/C8H17N3O2S/c1-7-6-14-5-4-11(7)3-2-8(12)13-10-9/h7,10H,2-6,9H2,1H3. The molecule has 1 unspecified atom stereocenters. The number of thioether (sulfide) groups is 1. The number of carbonyl (C=O) groups excluding carboxylic acids is 1. The van der Waals surface area contributed by atoms with E-state index in [1.54, 1.807) is 0 Å². The molecule has 0 aromatic rings. The molecular formula is C8H17N3O2S. The van der Waals surface area contributed by atoms with Crippen LogP contribution in [0.3, 0.4) is 0 Å². The van der Waals surface area contributed by atoms with E-state index in [1.165, 1.54) is 0 Å². The number of nitrogens with two attached hydrogens (primary N) is 1. The Morgan fingerprint density at radius 2 is 2.57 bits per heavy atom. The maximum Gasteiger partial charge on any atom is 0.327 e. The first-order chi connectivity index (χ1) is 6.74. The molecule has 1 atom stereocenters. The summed E-state index contributed by atoms with van der Waals surface area (Å²) in [5.41, 5.74) is 1.89. The van der Waals surface area contributed by atoms with E-state index in [1.807, 2.05) is 17.4 Å². The van der Waals surface area contributed by atoms with Gasteiger partial charge in [-0.3, -0.25) is 9.69 Å². The lowest BCUT2D eigenvalue weighted by Crippen LogP contribution is -2.41. The van der Waals surface area contributed by atoms with Gasteiger partial charge in [0.2, 0.25) is 0 Å². The van der Waals surface area contributed by atoms with Crippen molar-refractivity contribution < 1.29 is 9.63 Å². The molecule has 14 heavy (non-hydrogen) atoms. The summed E-state index contributed by atoms with van der Waals surface area (Å²) >= 11 is 1.96. The minimum Gasteiger partial charge on any atom is -0.356 e. The molecule has 1 saturated heterocycles. The fourth-order valence-corrected chi connectivity index (χ4v) is 2.53. The van der Waals surface area contributed by atoms with Gasteiger partial charge in [-0.1, -0.05) is 5.59 Å². The SMILES string of the molecule is CC1CSCCN1CCC(=O)ONN. The molecule has 0 bridgehead atoms. The Labute approximate surface area is 88.3 Å². The first-order valence-electron chi connectivity index (χ1n) is 4.71. The van der Waals surface area contributed by atoms with E-state index >= 15 is 0 Å². The number of nitrogens with zero attached hydrogens (tertiary/aromatic N) is 1. The number of hydrogen-bond acceptors (Lipinski definition) is 6. The van der Waals surface area contributed by atoms with Gasteiger partial charge in [0, 0.05) is 30.6 Å². The lowest BCUT2D eigenvalue weighted by atomic mass is 10.3. The number of nitrogens with one attached hydrogen (secondary N) is 1. The molecule has 5 nitrogen and oxygen atoms in total. The Hall–Kier alpha value is -0.300. The van der Waals surface area contributed by atoms with Crippen molar-refractivity contribution in [2.75, 3.05) is 24.6 Å². The van der Waals surface area contributed by atoms with Crippen LogP contribution in [0.2, 0.25) is 0 Å². The molecule has 0 aromatic heterocycles. The normalized spacial score (nSPS) is 23.4. The summed E-state index contributed by atoms with van der Waals surface area (Å²) in [6.45, 7) is 3.98. The molecule has 1 rings (SSSR count). The Balaban J connectivity index is 2.19. The van der Waals surface area contributed by atoms with E-state index in [2.05, 4.69) is 16.7 Å². The highest BCUT2D eigenvalue weighted by Crippen LogP contribution is 2.15. The van der Waals surface area contributed by atoms with Crippen LogP contribution in [-0.2, 0) is 9.63 Å². The quantitative estimate of drug-likeness (QED) is 0.501. The highest BCUT2D eigenvalue weighted by Gasteiger charge is 2.19. The largest absolute Gasteiger partial charge is 0.356 e. The molecule has 0 aromatic carbocycles.